The largest absolute Gasteiger partial charge is 0.477 e. The molecule has 1 heterocycles. The second-order valence-corrected chi connectivity index (χ2v) is 5.00. The lowest BCUT2D eigenvalue weighted by Crippen LogP contribution is -2.23. The Labute approximate surface area is 112 Å². The van der Waals surface area contributed by atoms with Gasteiger partial charge in [0.2, 0.25) is 11.4 Å². The number of pyridine rings is 1. The molecule has 1 aromatic heterocycles. The molecule has 98 valence electrons. The number of hydrogen-bond donors (Lipinski definition) is 1. The average Bonchev–Trinajstić information content (AvgIpc) is 3.12. The Kier molecular flexibility index (Phi) is 2.60. The Morgan fingerprint density at radius 2 is 2.11 bits per heavy atom. The molecule has 0 radical (unpaired) electrons. The van der Waals surface area contributed by atoms with Crippen LogP contribution in [0.4, 0.5) is 4.39 Å². The van der Waals surface area contributed by atoms with E-state index in [0.29, 0.717) is 10.5 Å². The summed E-state index contributed by atoms with van der Waals surface area (Å²) in [6.45, 7) is 0. The first-order chi connectivity index (χ1) is 9.00. The van der Waals surface area contributed by atoms with E-state index in [1.54, 1.807) is 0 Å². The van der Waals surface area contributed by atoms with Crippen molar-refractivity contribution in [2.75, 3.05) is 0 Å². The molecule has 1 fully saturated rings. The molecule has 0 spiro atoms. The van der Waals surface area contributed by atoms with Gasteiger partial charge < -0.3 is 9.67 Å². The first-order valence-corrected chi connectivity index (χ1v) is 6.15. The zero-order chi connectivity index (χ0) is 13.7. The van der Waals surface area contributed by atoms with Crippen LogP contribution < -0.4 is 5.43 Å². The van der Waals surface area contributed by atoms with Gasteiger partial charge in [0.15, 0.2) is 5.56 Å². The molecule has 0 atom stereocenters. The van der Waals surface area contributed by atoms with Gasteiger partial charge in [0.05, 0.1) is 5.52 Å². The van der Waals surface area contributed by atoms with Crippen molar-refractivity contribution in [1.82, 2.24) is 4.57 Å². The van der Waals surface area contributed by atoms with Gasteiger partial charge in [0, 0.05) is 16.5 Å². The molecule has 4 nitrogen and oxygen atoms in total. The van der Waals surface area contributed by atoms with Crippen molar-refractivity contribution < 1.29 is 14.3 Å². The number of aromatic carboxylic acids is 1. The van der Waals surface area contributed by atoms with Gasteiger partial charge in [-0.25, -0.2) is 4.79 Å². The molecule has 3 rings (SSSR count). The molecule has 0 amide bonds. The molecule has 0 aliphatic heterocycles. The number of carboxylic acids is 1. The molecular formula is C13H9ClFNO3. The predicted octanol–water partition coefficient (Wildman–Crippen LogP) is 2.83. The van der Waals surface area contributed by atoms with Crippen LogP contribution >= 0.6 is 11.6 Å². The molecule has 0 unspecified atom stereocenters. The third kappa shape index (κ3) is 1.81. The SMILES string of the molecule is O=C(O)c1c(F)n(C2CC2)c2cc(Cl)ccc2c1=O. The van der Waals surface area contributed by atoms with E-state index in [-0.39, 0.29) is 11.4 Å². The zero-order valence-electron chi connectivity index (χ0n) is 9.69. The maximum absolute atomic E-state index is 14.3. The molecule has 0 bridgehead atoms. The van der Waals surface area contributed by atoms with E-state index in [4.69, 9.17) is 16.7 Å². The van der Waals surface area contributed by atoms with Gasteiger partial charge in [-0.1, -0.05) is 11.6 Å². The predicted molar refractivity (Wildman–Crippen MR) is 68.4 cm³/mol. The minimum atomic E-state index is -1.55. The van der Waals surface area contributed by atoms with Gasteiger partial charge in [-0.3, -0.25) is 4.79 Å². The standard InChI is InChI=1S/C13H9ClFNO3/c14-6-1-4-8-9(5-6)16(7-2-3-7)12(15)10(11(8)17)13(18)19/h1,4-5,7H,2-3H2,(H,18,19). The Morgan fingerprint density at radius 3 is 2.68 bits per heavy atom. The van der Waals surface area contributed by atoms with Crippen LogP contribution in [0.25, 0.3) is 10.9 Å². The molecule has 6 heteroatoms. The summed E-state index contributed by atoms with van der Waals surface area (Å²) in [5.41, 5.74) is -1.27. The number of benzene rings is 1. The van der Waals surface area contributed by atoms with E-state index in [1.807, 2.05) is 0 Å². The van der Waals surface area contributed by atoms with Crippen molar-refractivity contribution in [2.45, 2.75) is 18.9 Å². The topological polar surface area (TPSA) is 59.3 Å². The minimum Gasteiger partial charge on any atom is -0.477 e. The van der Waals surface area contributed by atoms with Gasteiger partial charge in [0.25, 0.3) is 0 Å². The highest BCUT2D eigenvalue weighted by molar-refractivity contribution is 6.31. The number of carboxylic acid groups (broad SMARTS) is 1. The van der Waals surface area contributed by atoms with Crippen LogP contribution in [0.5, 0.6) is 0 Å². The normalized spacial score (nSPS) is 14.8. The van der Waals surface area contributed by atoms with Crippen molar-refractivity contribution in [3.8, 4) is 0 Å². The van der Waals surface area contributed by atoms with Crippen LogP contribution in [-0.2, 0) is 0 Å². The fourth-order valence-electron chi connectivity index (χ4n) is 2.23. The summed E-state index contributed by atoms with van der Waals surface area (Å²) in [4.78, 5) is 23.1. The maximum Gasteiger partial charge on any atom is 0.344 e. The molecular weight excluding hydrogens is 273 g/mol. The summed E-state index contributed by atoms with van der Waals surface area (Å²) in [6.07, 6.45) is 1.53. The number of aromatic nitrogens is 1. The number of rotatable bonds is 2. The van der Waals surface area contributed by atoms with E-state index in [0.717, 1.165) is 12.8 Å². The smallest absolute Gasteiger partial charge is 0.344 e. The van der Waals surface area contributed by atoms with E-state index in [2.05, 4.69) is 0 Å². The van der Waals surface area contributed by atoms with Crippen LogP contribution in [0.15, 0.2) is 23.0 Å². The summed E-state index contributed by atoms with van der Waals surface area (Å²) in [5.74, 6) is -2.54. The van der Waals surface area contributed by atoms with Gasteiger partial charge in [-0.05, 0) is 31.0 Å². The second kappa shape index (κ2) is 4.06. The number of nitrogens with zero attached hydrogens (tertiary/aromatic N) is 1. The van der Waals surface area contributed by atoms with Crippen molar-refractivity contribution in [3.63, 3.8) is 0 Å². The Hall–Kier alpha value is -1.88. The number of fused-ring (bicyclic) bond motifs is 1. The molecule has 1 aliphatic rings. The number of halogens is 2. The third-order valence-corrected chi connectivity index (χ3v) is 3.47. The second-order valence-electron chi connectivity index (χ2n) is 4.56. The summed E-state index contributed by atoms with van der Waals surface area (Å²) in [5, 5.41) is 9.56. The Bertz CT molecular complexity index is 765. The number of hydrogen-bond acceptors (Lipinski definition) is 2. The van der Waals surface area contributed by atoms with Crippen LogP contribution in [-0.4, -0.2) is 15.6 Å². The highest BCUT2D eigenvalue weighted by atomic mass is 35.5. The fraction of sp³-hybridized carbons (Fsp3) is 0.231. The molecule has 1 aliphatic carbocycles. The van der Waals surface area contributed by atoms with E-state index < -0.39 is 22.9 Å². The monoisotopic (exact) mass is 281 g/mol. The van der Waals surface area contributed by atoms with E-state index in [9.17, 15) is 14.0 Å². The van der Waals surface area contributed by atoms with Gasteiger partial charge in [0.1, 0.15) is 0 Å². The highest BCUT2D eigenvalue weighted by Crippen LogP contribution is 2.38. The van der Waals surface area contributed by atoms with Crippen molar-refractivity contribution in [1.29, 1.82) is 0 Å². The lowest BCUT2D eigenvalue weighted by atomic mass is 10.1. The number of carbonyl (C=O) groups is 1. The van der Waals surface area contributed by atoms with Crippen LogP contribution in [0, 0.1) is 5.95 Å². The molecule has 1 N–H and O–H groups in total. The van der Waals surface area contributed by atoms with Crippen molar-refractivity contribution in [2.24, 2.45) is 0 Å². The van der Waals surface area contributed by atoms with Gasteiger partial charge in [-0.15, -0.1) is 0 Å². The summed E-state index contributed by atoms with van der Waals surface area (Å²) in [7, 11) is 0. The molecule has 19 heavy (non-hydrogen) atoms. The molecule has 0 saturated heterocycles. The van der Waals surface area contributed by atoms with E-state index in [1.165, 1.54) is 22.8 Å². The van der Waals surface area contributed by atoms with Gasteiger partial charge in [-0.2, -0.15) is 4.39 Å². The Balaban J connectivity index is 2.51. The minimum absolute atomic E-state index is 0.0975. The fourth-order valence-corrected chi connectivity index (χ4v) is 2.39. The highest BCUT2D eigenvalue weighted by Gasteiger charge is 2.31. The molecule has 1 aromatic carbocycles. The molecule has 2 aromatic rings. The molecule has 1 saturated carbocycles. The van der Waals surface area contributed by atoms with E-state index >= 15 is 0 Å². The summed E-state index contributed by atoms with van der Waals surface area (Å²) < 4.78 is 15.5. The third-order valence-electron chi connectivity index (χ3n) is 3.23. The summed E-state index contributed by atoms with van der Waals surface area (Å²) in [6, 6.07) is 4.32. The lowest BCUT2D eigenvalue weighted by Gasteiger charge is -2.13. The zero-order valence-corrected chi connectivity index (χ0v) is 10.4. The first-order valence-electron chi connectivity index (χ1n) is 5.77. The Morgan fingerprint density at radius 1 is 1.42 bits per heavy atom. The summed E-state index contributed by atoms with van der Waals surface area (Å²) >= 11 is 5.87. The van der Waals surface area contributed by atoms with Gasteiger partial charge >= 0.3 is 5.97 Å². The lowest BCUT2D eigenvalue weighted by molar-refractivity contribution is 0.0688. The van der Waals surface area contributed by atoms with Crippen molar-refractivity contribution >= 4 is 28.5 Å². The quantitative estimate of drug-likeness (QED) is 0.861. The van der Waals surface area contributed by atoms with Crippen LogP contribution in [0.2, 0.25) is 5.02 Å². The van der Waals surface area contributed by atoms with Crippen LogP contribution in [0.1, 0.15) is 29.2 Å². The maximum atomic E-state index is 14.3. The average molecular weight is 282 g/mol. The van der Waals surface area contributed by atoms with Crippen LogP contribution in [0.3, 0.4) is 0 Å². The first kappa shape index (κ1) is 12.2. The van der Waals surface area contributed by atoms with Crippen molar-refractivity contribution in [3.05, 3.63) is 45.0 Å².